The average Bonchev–Trinajstić information content (AvgIpc) is 3.17. The number of anilines is 1. The first kappa shape index (κ1) is 21.0. The Kier molecular flexibility index (Phi) is 7.34. The number of benzene rings is 2. The summed E-state index contributed by atoms with van der Waals surface area (Å²) in [6.45, 7) is 2.00. The fraction of sp³-hybridized carbons (Fsp3) is 0.238. The maximum atomic E-state index is 5.74. The van der Waals surface area contributed by atoms with Crippen molar-refractivity contribution in [2.75, 3.05) is 25.6 Å². The van der Waals surface area contributed by atoms with Crippen molar-refractivity contribution in [2.24, 2.45) is 4.99 Å². The number of rotatable bonds is 4. The Morgan fingerprint density at radius 3 is 2.62 bits per heavy atom. The van der Waals surface area contributed by atoms with Crippen molar-refractivity contribution in [1.29, 1.82) is 0 Å². The Labute approximate surface area is 187 Å². The Hall–Kier alpha value is -2.75. The molecular formula is C21H24IN5O2. The molecule has 0 fully saturated rings. The van der Waals surface area contributed by atoms with E-state index in [0.29, 0.717) is 25.7 Å². The SMILES string of the molecule is CN=C(NCc1ccc(-n2cccn2)cc1)Nc1ccc2c(c1)OCCCO2.I. The van der Waals surface area contributed by atoms with E-state index in [1.54, 1.807) is 13.2 Å². The van der Waals surface area contributed by atoms with Gasteiger partial charge in [0.2, 0.25) is 0 Å². The molecule has 29 heavy (non-hydrogen) atoms. The van der Waals surface area contributed by atoms with E-state index in [9.17, 15) is 0 Å². The summed E-state index contributed by atoms with van der Waals surface area (Å²) >= 11 is 0. The zero-order chi connectivity index (χ0) is 19.2. The van der Waals surface area contributed by atoms with Crippen molar-refractivity contribution in [3.8, 4) is 17.2 Å². The standard InChI is InChI=1S/C21H23N5O2.HI/c1-22-21(25-17-6-9-19-20(14-17)28-13-3-12-27-19)23-15-16-4-7-18(8-5-16)26-11-2-10-24-26;/h2,4-11,14H,3,12-13,15H2,1H3,(H2,22,23,25);1H. The van der Waals surface area contributed by atoms with Crippen LogP contribution in [0, 0.1) is 0 Å². The first-order valence-corrected chi connectivity index (χ1v) is 9.28. The normalized spacial score (nSPS) is 13.2. The largest absolute Gasteiger partial charge is 0.490 e. The lowest BCUT2D eigenvalue weighted by atomic mass is 10.2. The van der Waals surface area contributed by atoms with Crippen LogP contribution in [0.2, 0.25) is 0 Å². The number of nitrogens with one attached hydrogen (secondary N) is 2. The van der Waals surface area contributed by atoms with E-state index in [-0.39, 0.29) is 24.0 Å². The molecule has 0 bridgehead atoms. The third-order valence-corrected chi connectivity index (χ3v) is 4.40. The van der Waals surface area contributed by atoms with E-state index in [0.717, 1.165) is 34.9 Å². The van der Waals surface area contributed by atoms with Gasteiger partial charge in [-0.3, -0.25) is 4.99 Å². The van der Waals surface area contributed by atoms with Crippen LogP contribution >= 0.6 is 24.0 Å². The quantitative estimate of drug-likeness (QED) is 0.321. The van der Waals surface area contributed by atoms with Gasteiger partial charge in [0.15, 0.2) is 17.5 Å². The molecule has 1 aliphatic heterocycles. The molecular weight excluding hydrogens is 481 g/mol. The molecule has 0 atom stereocenters. The van der Waals surface area contributed by atoms with Crippen LogP contribution in [0.4, 0.5) is 5.69 Å². The summed E-state index contributed by atoms with van der Waals surface area (Å²) in [4.78, 5) is 4.30. The summed E-state index contributed by atoms with van der Waals surface area (Å²) in [6, 6.07) is 16.0. The first-order chi connectivity index (χ1) is 13.8. The highest BCUT2D eigenvalue weighted by molar-refractivity contribution is 14.0. The van der Waals surface area contributed by atoms with E-state index in [4.69, 9.17) is 9.47 Å². The van der Waals surface area contributed by atoms with Gasteiger partial charge < -0.3 is 20.1 Å². The van der Waals surface area contributed by atoms with Gasteiger partial charge in [-0.1, -0.05) is 12.1 Å². The summed E-state index contributed by atoms with van der Waals surface area (Å²) in [5.74, 6) is 2.22. The number of halogens is 1. The van der Waals surface area contributed by atoms with Crippen LogP contribution < -0.4 is 20.1 Å². The summed E-state index contributed by atoms with van der Waals surface area (Å²) in [5, 5.41) is 10.9. The first-order valence-electron chi connectivity index (χ1n) is 9.28. The van der Waals surface area contributed by atoms with Crippen molar-refractivity contribution in [3.63, 3.8) is 0 Å². The number of nitrogens with zero attached hydrogens (tertiary/aromatic N) is 3. The van der Waals surface area contributed by atoms with E-state index >= 15 is 0 Å². The Bertz CT molecular complexity index is 942. The minimum Gasteiger partial charge on any atom is -0.490 e. The molecule has 1 aromatic heterocycles. The molecule has 0 amide bonds. The molecule has 0 aliphatic carbocycles. The highest BCUT2D eigenvalue weighted by Crippen LogP contribution is 2.32. The highest BCUT2D eigenvalue weighted by Gasteiger charge is 2.11. The Morgan fingerprint density at radius 1 is 1.10 bits per heavy atom. The van der Waals surface area contributed by atoms with Crippen LogP contribution in [0.15, 0.2) is 65.9 Å². The molecule has 2 N–H and O–H groups in total. The fourth-order valence-electron chi connectivity index (χ4n) is 2.93. The van der Waals surface area contributed by atoms with E-state index in [1.807, 2.05) is 47.3 Å². The fourth-order valence-corrected chi connectivity index (χ4v) is 2.93. The molecule has 2 aromatic carbocycles. The molecule has 7 nitrogen and oxygen atoms in total. The Balaban J connectivity index is 0.00000240. The predicted octanol–water partition coefficient (Wildman–Crippen LogP) is 3.84. The van der Waals surface area contributed by atoms with Gasteiger partial charge in [0.25, 0.3) is 0 Å². The van der Waals surface area contributed by atoms with Gasteiger partial charge >= 0.3 is 0 Å². The number of aromatic nitrogens is 2. The number of ether oxygens (including phenoxy) is 2. The summed E-state index contributed by atoms with van der Waals surface area (Å²) < 4.78 is 13.2. The third-order valence-electron chi connectivity index (χ3n) is 4.40. The van der Waals surface area contributed by atoms with Crippen LogP contribution in [0.1, 0.15) is 12.0 Å². The van der Waals surface area contributed by atoms with Crippen LogP contribution in [-0.2, 0) is 6.54 Å². The van der Waals surface area contributed by atoms with Gasteiger partial charge in [0.1, 0.15) is 0 Å². The van der Waals surface area contributed by atoms with Crippen LogP contribution in [0.25, 0.3) is 5.69 Å². The van der Waals surface area contributed by atoms with Crippen molar-refractivity contribution in [3.05, 3.63) is 66.5 Å². The molecule has 152 valence electrons. The number of hydrogen-bond acceptors (Lipinski definition) is 4. The smallest absolute Gasteiger partial charge is 0.195 e. The number of fused-ring (bicyclic) bond motifs is 1. The maximum Gasteiger partial charge on any atom is 0.195 e. The van der Waals surface area contributed by atoms with Crippen molar-refractivity contribution >= 4 is 35.6 Å². The topological polar surface area (TPSA) is 72.7 Å². The number of aliphatic imine (C=N–C) groups is 1. The molecule has 8 heteroatoms. The van der Waals surface area contributed by atoms with Gasteiger partial charge in [-0.05, 0) is 35.9 Å². The van der Waals surface area contributed by atoms with Gasteiger partial charge in [-0.2, -0.15) is 5.10 Å². The van der Waals surface area contributed by atoms with Crippen LogP contribution in [0.3, 0.4) is 0 Å². The second kappa shape index (κ2) is 10.1. The van der Waals surface area contributed by atoms with Crippen LogP contribution in [-0.4, -0.2) is 36.0 Å². The highest BCUT2D eigenvalue weighted by atomic mass is 127. The van der Waals surface area contributed by atoms with Crippen molar-refractivity contribution < 1.29 is 9.47 Å². The molecule has 0 spiro atoms. The lowest BCUT2D eigenvalue weighted by Crippen LogP contribution is -2.30. The lowest BCUT2D eigenvalue weighted by Gasteiger charge is -2.14. The van der Waals surface area contributed by atoms with Gasteiger partial charge in [-0.25, -0.2) is 4.68 Å². The molecule has 1 aliphatic rings. The molecule has 2 heterocycles. The maximum absolute atomic E-state index is 5.74. The lowest BCUT2D eigenvalue weighted by molar-refractivity contribution is 0.297. The third kappa shape index (κ3) is 5.41. The second-order valence-electron chi connectivity index (χ2n) is 6.38. The number of guanidine groups is 1. The molecule has 3 aromatic rings. The van der Waals surface area contributed by atoms with E-state index in [1.165, 1.54) is 0 Å². The second-order valence-corrected chi connectivity index (χ2v) is 6.38. The molecule has 0 saturated carbocycles. The van der Waals surface area contributed by atoms with Gasteiger partial charge in [-0.15, -0.1) is 24.0 Å². The molecule has 4 rings (SSSR count). The minimum atomic E-state index is 0. The zero-order valence-electron chi connectivity index (χ0n) is 16.2. The average molecular weight is 505 g/mol. The van der Waals surface area contributed by atoms with Crippen molar-refractivity contribution in [2.45, 2.75) is 13.0 Å². The van der Waals surface area contributed by atoms with E-state index < -0.39 is 0 Å². The molecule has 0 radical (unpaired) electrons. The van der Waals surface area contributed by atoms with Crippen LogP contribution in [0.5, 0.6) is 11.5 Å². The summed E-state index contributed by atoms with van der Waals surface area (Å²) in [6.07, 6.45) is 4.58. The zero-order valence-corrected chi connectivity index (χ0v) is 18.5. The van der Waals surface area contributed by atoms with Gasteiger partial charge in [0, 0.05) is 44.2 Å². The predicted molar refractivity (Wildman–Crippen MR) is 125 cm³/mol. The summed E-state index contributed by atoms with van der Waals surface area (Å²) in [5.41, 5.74) is 3.08. The molecule has 0 saturated heterocycles. The van der Waals surface area contributed by atoms with Gasteiger partial charge in [0.05, 0.1) is 18.9 Å². The minimum absolute atomic E-state index is 0. The Morgan fingerprint density at radius 2 is 1.90 bits per heavy atom. The van der Waals surface area contributed by atoms with E-state index in [2.05, 4.69) is 32.9 Å². The summed E-state index contributed by atoms with van der Waals surface area (Å²) in [7, 11) is 1.75. The van der Waals surface area contributed by atoms with Crippen molar-refractivity contribution in [1.82, 2.24) is 15.1 Å². The molecule has 0 unspecified atom stereocenters. The monoisotopic (exact) mass is 505 g/mol. The number of hydrogen-bond donors (Lipinski definition) is 2.